The Balaban J connectivity index is 1.91. The topological polar surface area (TPSA) is 75.6 Å². The van der Waals surface area contributed by atoms with Crippen LogP contribution in [0, 0.1) is 11.8 Å². The van der Waals surface area contributed by atoms with Crippen LogP contribution >= 0.6 is 0 Å². The molecule has 21 heavy (non-hydrogen) atoms. The second kappa shape index (κ2) is 7.11. The van der Waals surface area contributed by atoms with Crippen LogP contribution in [-0.2, 0) is 16.1 Å². The van der Waals surface area contributed by atoms with E-state index in [1.54, 1.807) is 7.11 Å². The van der Waals surface area contributed by atoms with Gasteiger partial charge in [-0.1, -0.05) is 25.0 Å². The van der Waals surface area contributed by atoms with Gasteiger partial charge in [0.15, 0.2) is 0 Å². The van der Waals surface area contributed by atoms with Crippen LogP contribution in [0.3, 0.4) is 0 Å². The smallest absolute Gasteiger partial charge is 0.307 e. The fraction of sp³-hybridized carbons (Fsp3) is 0.500. The molecular formula is C16H21NO4. The minimum absolute atomic E-state index is 0.155. The van der Waals surface area contributed by atoms with Gasteiger partial charge >= 0.3 is 5.97 Å². The molecule has 0 bridgehead atoms. The summed E-state index contributed by atoms with van der Waals surface area (Å²) in [6, 6.07) is 7.44. The minimum atomic E-state index is -0.862. The number of hydrogen-bond donors (Lipinski definition) is 2. The predicted molar refractivity (Wildman–Crippen MR) is 77.9 cm³/mol. The molecule has 1 aliphatic rings. The van der Waals surface area contributed by atoms with E-state index >= 15 is 0 Å². The molecule has 5 heteroatoms. The summed E-state index contributed by atoms with van der Waals surface area (Å²) in [5, 5.41) is 12.1. The number of amides is 1. The van der Waals surface area contributed by atoms with E-state index in [4.69, 9.17) is 4.74 Å². The molecule has 0 spiro atoms. The van der Waals surface area contributed by atoms with Gasteiger partial charge in [-0.25, -0.2) is 0 Å². The van der Waals surface area contributed by atoms with Crippen LogP contribution in [0.2, 0.25) is 0 Å². The third kappa shape index (κ3) is 3.97. The normalized spacial score (nSPS) is 21.6. The second-order valence-corrected chi connectivity index (χ2v) is 5.40. The zero-order valence-electron chi connectivity index (χ0n) is 12.2. The van der Waals surface area contributed by atoms with E-state index in [1.165, 1.54) is 0 Å². The maximum absolute atomic E-state index is 12.2. The van der Waals surface area contributed by atoms with Gasteiger partial charge in [0, 0.05) is 6.54 Å². The third-order valence-electron chi connectivity index (χ3n) is 4.05. The summed E-state index contributed by atoms with van der Waals surface area (Å²) >= 11 is 0. The fourth-order valence-electron chi connectivity index (χ4n) is 2.80. The van der Waals surface area contributed by atoms with Gasteiger partial charge in [0.2, 0.25) is 5.91 Å². The summed E-state index contributed by atoms with van der Waals surface area (Å²) in [6.45, 7) is 0.408. The van der Waals surface area contributed by atoms with Crippen molar-refractivity contribution in [3.05, 3.63) is 29.8 Å². The second-order valence-electron chi connectivity index (χ2n) is 5.40. The van der Waals surface area contributed by atoms with E-state index in [9.17, 15) is 14.7 Å². The number of ether oxygens (including phenoxy) is 1. The Morgan fingerprint density at radius 2 is 1.81 bits per heavy atom. The molecule has 0 aliphatic heterocycles. The lowest BCUT2D eigenvalue weighted by atomic mass is 9.78. The molecule has 1 amide bonds. The molecule has 5 nitrogen and oxygen atoms in total. The SMILES string of the molecule is COc1ccc(CNC(=O)[C@@H]2CCCC[C@@H]2C(=O)O)cc1. The Labute approximate surface area is 124 Å². The van der Waals surface area contributed by atoms with E-state index < -0.39 is 17.8 Å². The highest BCUT2D eigenvalue weighted by molar-refractivity contribution is 5.84. The van der Waals surface area contributed by atoms with Crippen molar-refractivity contribution in [2.75, 3.05) is 7.11 Å². The van der Waals surface area contributed by atoms with Crippen LogP contribution in [0.5, 0.6) is 5.75 Å². The summed E-state index contributed by atoms with van der Waals surface area (Å²) < 4.78 is 5.08. The Hall–Kier alpha value is -2.04. The Morgan fingerprint density at radius 1 is 1.19 bits per heavy atom. The van der Waals surface area contributed by atoms with Crippen molar-refractivity contribution in [2.45, 2.75) is 32.2 Å². The maximum Gasteiger partial charge on any atom is 0.307 e. The number of aliphatic carboxylic acids is 1. The van der Waals surface area contributed by atoms with Gasteiger partial charge in [-0.2, -0.15) is 0 Å². The molecule has 0 heterocycles. The average molecular weight is 291 g/mol. The summed E-state index contributed by atoms with van der Waals surface area (Å²) in [7, 11) is 1.60. The maximum atomic E-state index is 12.2. The number of carbonyl (C=O) groups excluding carboxylic acids is 1. The van der Waals surface area contributed by atoms with E-state index in [-0.39, 0.29) is 5.91 Å². The van der Waals surface area contributed by atoms with E-state index in [1.807, 2.05) is 24.3 Å². The van der Waals surface area contributed by atoms with Crippen LogP contribution < -0.4 is 10.1 Å². The lowest BCUT2D eigenvalue weighted by Crippen LogP contribution is -2.39. The van der Waals surface area contributed by atoms with Gasteiger partial charge < -0.3 is 15.2 Å². The molecule has 0 aromatic heterocycles. The van der Waals surface area contributed by atoms with Crippen LogP contribution in [0.15, 0.2) is 24.3 Å². The van der Waals surface area contributed by atoms with Crippen molar-refractivity contribution in [3.8, 4) is 5.75 Å². The average Bonchev–Trinajstić information content (AvgIpc) is 2.53. The first kappa shape index (κ1) is 15.4. The predicted octanol–water partition coefficient (Wildman–Crippen LogP) is 2.20. The number of carbonyl (C=O) groups is 2. The van der Waals surface area contributed by atoms with E-state index in [0.29, 0.717) is 19.4 Å². The Bertz CT molecular complexity index is 498. The molecule has 2 atom stereocenters. The molecular weight excluding hydrogens is 270 g/mol. The standard InChI is InChI=1S/C16H21NO4/c1-21-12-8-6-11(7-9-12)10-17-15(18)13-4-2-3-5-14(13)16(19)20/h6-9,13-14H,2-5,10H2,1H3,(H,17,18)(H,19,20)/t13-,14+/m1/s1. The van der Waals surface area contributed by atoms with Crippen LogP contribution in [-0.4, -0.2) is 24.1 Å². The quantitative estimate of drug-likeness (QED) is 0.872. The summed E-state index contributed by atoms with van der Waals surface area (Å²) in [6.07, 6.45) is 3.06. The van der Waals surface area contributed by atoms with Crippen molar-refractivity contribution in [1.29, 1.82) is 0 Å². The number of hydrogen-bond acceptors (Lipinski definition) is 3. The third-order valence-corrected chi connectivity index (χ3v) is 4.05. The zero-order chi connectivity index (χ0) is 15.2. The highest BCUT2D eigenvalue weighted by Gasteiger charge is 2.35. The molecule has 0 radical (unpaired) electrons. The van der Waals surface area contributed by atoms with Gasteiger partial charge in [-0.05, 0) is 30.5 Å². The Morgan fingerprint density at radius 3 is 2.38 bits per heavy atom. The highest BCUT2D eigenvalue weighted by Crippen LogP contribution is 2.30. The summed E-state index contributed by atoms with van der Waals surface area (Å²) in [5.41, 5.74) is 0.965. The van der Waals surface area contributed by atoms with Crippen molar-refractivity contribution >= 4 is 11.9 Å². The lowest BCUT2D eigenvalue weighted by Gasteiger charge is -2.27. The number of methoxy groups -OCH3 is 1. The molecule has 1 saturated carbocycles. The number of benzene rings is 1. The van der Waals surface area contributed by atoms with E-state index in [2.05, 4.69) is 5.32 Å². The molecule has 114 valence electrons. The Kier molecular flexibility index (Phi) is 5.20. The minimum Gasteiger partial charge on any atom is -0.497 e. The molecule has 0 unspecified atom stereocenters. The number of carboxylic acids is 1. The van der Waals surface area contributed by atoms with Crippen molar-refractivity contribution < 1.29 is 19.4 Å². The first-order valence-electron chi connectivity index (χ1n) is 7.25. The van der Waals surface area contributed by atoms with Crippen LogP contribution in [0.1, 0.15) is 31.2 Å². The van der Waals surface area contributed by atoms with Gasteiger partial charge in [0.1, 0.15) is 5.75 Å². The first-order chi connectivity index (χ1) is 10.1. The van der Waals surface area contributed by atoms with Crippen molar-refractivity contribution in [3.63, 3.8) is 0 Å². The number of carboxylic acid groups (broad SMARTS) is 1. The van der Waals surface area contributed by atoms with Gasteiger partial charge in [0.25, 0.3) is 0 Å². The molecule has 1 aromatic rings. The number of nitrogens with one attached hydrogen (secondary N) is 1. The highest BCUT2D eigenvalue weighted by atomic mass is 16.5. The first-order valence-corrected chi connectivity index (χ1v) is 7.25. The molecule has 1 aliphatic carbocycles. The number of rotatable bonds is 5. The lowest BCUT2D eigenvalue weighted by molar-refractivity contribution is -0.148. The molecule has 1 aromatic carbocycles. The van der Waals surface area contributed by atoms with Gasteiger partial charge in [-0.15, -0.1) is 0 Å². The fourth-order valence-corrected chi connectivity index (χ4v) is 2.80. The van der Waals surface area contributed by atoms with Gasteiger partial charge in [0.05, 0.1) is 18.9 Å². The molecule has 0 saturated heterocycles. The zero-order valence-corrected chi connectivity index (χ0v) is 12.2. The molecule has 2 rings (SSSR count). The molecule has 2 N–H and O–H groups in total. The van der Waals surface area contributed by atoms with Gasteiger partial charge in [-0.3, -0.25) is 9.59 Å². The summed E-state index contributed by atoms with van der Waals surface area (Å²) in [4.78, 5) is 23.4. The van der Waals surface area contributed by atoms with Crippen molar-refractivity contribution in [2.24, 2.45) is 11.8 Å². The van der Waals surface area contributed by atoms with Crippen molar-refractivity contribution in [1.82, 2.24) is 5.32 Å². The van der Waals surface area contributed by atoms with Crippen LogP contribution in [0.25, 0.3) is 0 Å². The summed E-state index contributed by atoms with van der Waals surface area (Å²) in [5.74, 6) is -1.20. The largest absolute Gasteiger partial charge is 0.497 e. The molecule has 1 fully saturated rings. The monoisotopic (exact) mass is 291 g/mol. The van der Waals surface area contributed by atoms with Crippen LogP contribution in [0.4, 0.5) is 0 Å². The van der Waals surface area contributed by atoms with E-state index in [0.717, 1.165) is 24.2 Å².